The van der Waals surface area contributed by atoms with Crippen LogP contribution in [0.15, 0.2) is 42.5 Å². The molecular formula is C20H24N2O3S. The Balaban J connectivity index is 2.05. The number of carbonyl (C=O) groups is 1. The highest BCUT2D eigenvalue weighted by Crippen LogP contribution is 2.21. The molecular weight excluding hydrogens is 348 g/mol. The fourth-order valence-corrected chi connectivity index (χ4v) is 2.82. The number of rotatable bonds is 6. The molecule has 26 heavy (non-hydrogen) atoms. The molecule has 2 rings (SSSR count). The second-order valence-corrected chi connectivity index (χ2v) is 6.20. The van der Waals surface area contributed by atoms with Crippen molar-refractivity contribution in [3.8, 4) is 5.75 Å². The maximum absolute atomic E-state index is 12.0. The molecule has 0 saturated heterocycles. The molecule has 0 saturated carbocycles. The number of ether oxygens (including phenoxy) is 2. The lowest BCUT2D eigenvalue weighted by atomic mass is 10.1. The minimum absolute atomic E-state index is 0.0226. The van der Waals surface area contributed by atoms with Gasteiger partial charge >= 0.3 is 5.97 Å². The van der Waals surface area contributed by atoms with E-state index in [-0.39, 0.29) is 12.0 Å². The van der Waals surface area contributed by atoms with Crippen molar-refractivity contribution in [1.29, 1.82) is 0 Å². The van der Waals surface area contributed by atoms with Crippen LogP contribution in [0.1, 0.15) is 41.4 Å². The Labute approximate surface area is 159 Å². The molecule has 0 amide bonds. The van der Waals surface area contributed by atoms with Gasteiger partial charge in [0, 0.05) is 5.69 Å². The third kappa shape index (κ3) is 4.95. The van der Waals surface area contributed by atoms with E-state index in [4.69, 9.17) is 21.7 Å². The molecule has 0 heterocycles. The summed E-state index contributed by atoms with van der Waals surface area (Å²) in [6.07, 6.45) is 0. The van der Waals surface area contributed by atoms with E-state index < -0.39 is 0 Å². The van der Waals surface area contributed by atoms with Crippen LogP contribution in [-0.2, 0) is 4.74 Å². The molecule has 0 aromatic heterocycles. The van der Waals surface area contributed by atoms with E-state index in [0.29, 0.717) is 17.3 Å². The topological polar surface area (TPSA) is 59.6 Å². The van der Waals surface area contributed by atoms with Gasteiger partial charge in [0.15, 0.2) is 5.11 Å². The molecule has 2 N–H and O–H groups in total. The summed E-state index contributed by atoms with van der Waals surface area (Å²) in [5, 5.41) is 6.89. The van der Waals surface area contributed by atoms with Gasteiger partial charge in [-0.15, -0.1) is 0 Å². The molecule has 2 aromatic rings. The summed E-state index contributed by atoms with van der Waals surface area (Å²) in [5.41, 5.74) is 3.19. The van der Waals surface area contributed by atoms with Crippen LogP contribution in [0.5, 0.6) is 5.75 Å². The van der Waals surface area contributed by atoms with E-state index in [2.05, 4.69) is 10.6 Å². The average molecular weight is 372 g/mol. The molecule has 1 atom stereocenters. The van der Waals surface area contributed by atoms with Crippen LogP contribution < -0.4 is 15.4 Å². The summed E-state index contributed by atoms with van der Waals surface area (Å²) in [4.78, 5) is 12.0. The Morgan fingerprint density at radius 2 is 1.88 bits per heavy atom. The highest BCUT2D eigenvalue weighted by molar-refractivity contribution is 7.80. The van der Waals surface area contributed by atoms with Gasteiger partial charge in [-0.05, 0) is 68.4 Å². The smallest absolute Gasteiger partial charge is 0.338 e. The third-order valence-electron chi connectivity index (χ3n) is 4.04. The fourth-order valence-electron chi connectivity index (χ4n) is 2.53. The molecule has 0 unspecified atom stereocenters. The van der Waals surface area contributed by atoms with Crippen molar-refractivity contribution in [2.24, 2.45) is 0 Å². The van der Waals surface area contributed by atoms with E-state index in [9.17, 15) is 4.79 Å². The Morgan fingerprint density at radius 3 is 2.50 bits per heavy atom. The van der Waals surface area contributed by atoms with Gasteiger partial charge in [0.25, 0.3) is 0 Å². The first kappa shape index (κ1) is 19.7. The average Bonchev–Trinajstić information content (AvgIpc) is 2.63. The molecule has 0 aliphatic heterocycles. The number of esters is 1. The van der Waals surface area contributed by atoms with Gasteiger partial charge in [-0.3, -0.25) is 0 Å². The Kier molecular flexibility index (Phi) is 6.97. The van der Waals surface area contributed by atoms with E-state index in [1.165, 1.54) is 0 Å². The zero-order valence-corrected chi connectivity index (χ0v) is 16.3. The molecule has 2 aromatic carbocycles. The first-order valence-corrected chi connectivity index (χ1v) is 8.85. The molecule has 0 radical (unpaired) electrons. The quantitative estimate of drug-likeness (QED) is 0.585. The number of benzene rings is 2. The van der Waals surface area contributed by atoms with Gasteiger partial charge < -0.3 is 20.1 Å². The van der Waals surface area contributed by atoms with Crippen LogP contribution in [0.4, 0.5) is 5.69 Å². The van der Waals surface area contributed by atoms with Gasteiger partial charge in [0.2, 0.25) is 0 Å². The molecule has 0 fully saturated rings. The lowest BCUT2D eigenvalue weighted by Gasteiger charge is -2.19. The van der Waals surface area contributed by atoms with Crippen molar-refractivity contribution in [3.63, 3.8) is 0 Å². The van der Waals surface area contributed by atoms with Crippen LogP contribution >= 0.6 is 12.2 Å². The zero-order valence-electron chi connectivity index (χ0n) is 15.5. The molecule has 0 bridgehead atoms. The lowest BCUT2D eigenvalue weighted by Crippen LogP contribution is -2.31. The number of carbonyl (C=O) groups excluding carboxylic acids is 1. The molecule has 0 aliphatic rings. The monoisotopic (exact) mass is 372 g/mol. The van der Waals surface area contributed by atoms with Gasteiger partial charge in [0.1, 0.15) is 5.75 Å². The number of anilines is 1. The fraction of sp³-hybridized carbons (Fsp3) is 0.300. The van der Waals surface area contributed by atoms with Gasteiger partial charge in [-0.25, -0.2) is 4.79 Å². The van der Waals surface area contributed by atoms with Gasteiger partial charge in [-0.2, -0.15) is 0 Å². The SMILES string of the molecule is CCOC(=O)c1cccc(NC(=S)N[C@H](C)c2ccc(OC)cc2)c1C. The minimum Gasteiger partial charge on any atom is -0.497 e. The Hall–Kier alpha value is -2.60. The largest absolute Gasteiger partial charge is 0.497 e. The van der Waals surface area contributed by atoms with Crippen LogP contribution in [0.3, 0.4) is 0 Å². The van der Waals surface area contributed by atoms with Crippen LogP contribution in [-0.4, -0.2) is 24.8 Å². The number of methoxy groups -OCH3 is 1. The van der Waals surface area contributed by atoms with Gasteiger partial charge in [-0.1, -0.05) is 18.2 Å². The molecule has 0 aliphatic carbocycles. The second-order valence-electron chi connectivity index (χ2n) is 5.79. The maximum atomic E-state index is 12.0. The van der Waals surface area contributed by atoms with Crippen LogP contribution in [0.25, 0.3) is 0 Å². The number of thiocarbonyl (C=S) groups is 1. The summed E-state index contributed by atoms with van der Waals surface area (Å²) in [7, 11) is 1.64. The van der Waals surface area contributed by atoms with Gasteiger partial charge in [0.05, 0.1) is 25.3 Å². The van der Waals surface area contributed by atoms with E-state index in [1.807, 2.05) is 44.2 Å². The third-order valence-corrected chi connectivity index (χ3v) is 4.26. The van der Waals surface area contributed by atoms with Crippen molar-refractivity contribution in [2.75, 3.05) is 19.0 Å². The second kappa shape index (κ2) is 9.20. The Morgan fingerprint density at radius 1 is 1.19 bits per heavy atom. The van der Waals surface area contributed by atoms with Crippen LogP contribution in [0, 0.1) is 6.92 Å². The highest BCUT2D eigenvalue weighted by Gasteiger charge is 2.14. The standard InChI is InChI=1S/C20H24N2O3S/c1-5-25-19(23)17-7-6-8-18(13(17)2)22-20(26)21-14(3)15-9-11-16(24-4)12-10-15/h6-12,14H,5H2,1-4H3,(H2,21,22,26)/t14-/m1/s1. The van der Waals surface area contributed by atoms with E-state index in [1.54, 1.807) is 26.2 Å². The summed E-state index contributed by atoms with van der Waals surface area (Å²) in [6, 6.07) is 13.3. The predicted molar refractivity (Wildman–Crippen MR) is 108 cm³/mol. The minimum atomic E-state index is -0.334. The lowest BCUT2D eigenvalue weighted by molar-refractivity contribution is 0.0525. The van der Waals surface area contributed by atoms with E-state index in [0.717, 1.165) is 22.6 Å². The van der Waals surface area contributed by atoms with E-state index >= 15 is 0 Å². The van der Waals surface area contributed by atoms with Crippen molar-refractivity contribution in [2.45, 2.75) is 26.8 Å². The number of hydrogen-bond donors (Lipinski definition) is 2. The summed E-state index contributed by atoms with van der Waals surface area (Å²) >= 11 is 5.42. The molecule has 6 heteroatoms. The van der Waals surface area contributed by atoms with Crippen LogP contribution in [0.2, 0.25) is 0 Å². The molecule has 0 spiro atoms. The first-order chi connectivity index (χ1) is 12.5. The summed E-state index contributed by atoms with van der Waals surface area (Å²) < 4.78 is 10.3. The van der Waals surface area contributed by atoms with Crippen molar-refractivity contribution in [1.82, 2.24) is 5.32 Å². The van der Waals surface area contributed by atoms with Crippen molar-refractivity contribution in [3.05, 3.63) is 59.2 Å². The highest BCUT2D eigenvalue weighted by atomic mass is 32.1. The maximum Gasteiger partial charge on any atom is 0.338 e. The first-order valence-electron chi connectivity index (χ1n) is 8.44. The Bertz CT molecular complexity index is 775. The number of hydrogen-bond acceptors (Lipinski definition) is 4. The summed E-state index contributed by atoms with van der Waals surface area (Å²) in [6.45, 7) is 6.02. The summed E-state index contributed by atoms with van der Waals surface area (Å²) in [5.74, 6) is 0.479. The molecule has 138 valence electrons. The predicted octanol–water partition coefficient (Wildman–Crippen LogP) is 4.23. The molecule has 5 nitrogen and oxygen atoms in total. The normalized spacial score (nSPS) is 11.4. The van der Waals surface area contributed by atoms with Crippen molar-refractivity contribution >= 4 is 29.0 Å². The zero-order chi connectivity index (χ0) is 19.1. The van der Waals surface area contributed by atoms with Crippen molar-refractivity contribution < 1.29 is 14.3 Å². The number of nitrogens with one attached hydrogen (secondary N) is 2.